The van der Waals surface area contributed by atoms with Crippen molar-refractivity contribution < 1.29 is 28.3 Å². The fourth-order valence-corrected chi connectivity index (χ4v) is 4.76. The van der Waals surface area contributed by atoms with Crippen LogP contribution in [0.5, 0.6) is 5.88 Å². The molecular weight excluding hydrogens is 516 g/mol. The van der Waals surface area contributed by atoms with Gasteiger partial charge in [-0.2, -0.15) is 0 Å². The predicted octanol–water partition coefficient (Wildman–Crippen LogP) is 3.20. The summed E-state index contributed by atoms with van der Waals surface area (Å²) in [5, 5.41) is 0. The number of rotatable bonds is 8. The van der Waals surface area contributed by atoms with Gasteiger partial charge in [-0.25, -0.2) is 9.37 Å². The van der Waals surface area contributed by atoms with Gasteiger partial charge >= 0.3 is 7.60 Å². The first-order chi connectivity index (χ1) is 15.5. The molecule has 8 nitrogen and oxygen atoms in total. The summed E-state index contributed by atoms with van der Waals surface area (Å²) in [4.78, 5) is 39.4. The van der Waals surface area contributed by atoms with Crippen LogP contribution in [-0.4, -0.2) is 68.4 Å². The number of aryl methyl sites for hydroxylation is 1. The van der Waals surface area contributed by atoms with Gasteiger partial charge in [-0.3, -0.25) is 14.3 Å². The quantitative estimate of drug-likeness (QED) is 0.493. The molecular formula is C22H28BrFN3O5P. The van der Waals surface area contributed by atoms with Crippen LogP contribution in [0.1, 0.15) is 25.0 Å². The first-order valence-corrected chi connectivity index (χ1v) is 13.2. The molecule has 2 N–H and O–H groups in total. The van der Waals surface area contributed by atoms with E-state index >= 15 is 0 Å². The minimum absolute atomic E-state index is 0.0373. The van der Waals surface area contributed by atoms with E-state index in [0.29, 0.717) is 29.7 Å². The second-order valence-electron chi connectivity index (χ2n) is 8.34. The fourth-order valence-electron chi connectivity index (χ4n) is 3.85. The second-order valence-corrected chi connectivity index (χ2v) is 11.0. The molecule has 1 aliphatic rings. The van der Waals surface area contributed by atoms with E-state index in [9.17, 15) is 13.8 Å². The lowest BCUT2D eigenvalue weighted by molar-refractivity contribution is -0.139. The maximum Gasteiger partial charge on any atom is 0.325 e. The Morgan fingerprint density at radius 2 is 1.94 bits per heavy atom. The highest BCUT2D eigenvalue weighted by Gasteiger charge is 2.32. The topological polar surface area (TPSA) is 103 Å². The molecule has 33 heavy (non-hydrogen) atoms. The first kappa shape index (κ1) is 25.8. The van der Waals surface area contributed by atoms with Crippen molar-refractivity contribution in [2.45, 2.75) is 38.9 Å². The van der Waals surface area contributed by atoms with Crippen LogP contribution in [0.2, 0.25) is 0 Å². The maximum absolute atomic E-state index is 13.2. The van der Waals surface area contributed by atoms with Crippen LogP contribution in [-0.2, 0) is 22.3 Å². The molecule has 180 valence electrons. The third-order valence-electron chi connectivity index (χ3n) is 5.63. The van der Waals surface area contributed by atoms with Crippen LogP contribution >= 0.6 is 23.5 Å². The molecule has 0 radical (unpaired) electrons. The summed E-state index contributed by atoms with van der Waals surface area (Å²) < 4.78 is 30.7. The molecule has 0 saturated carbocycles. The number of pyridine rings is 1. The lowest BCUT2D eigenvalue weighted by atomic mass is 10.1. The second kappa shape index (κ2) is 11.1. The van der Waals surface area contributed by atoms with Crippen molar-refractivity contribution in [3.05, 3.63) is 57.9 Å². The lowest BCUT2D eigenvalue weighted by Gasteiger charge is -2.44. The molecule has 2 heterocycles. The fraction of sp³-hybridized carbons (Fsp3) is 0.455. The Kier molecular flexibility index (Phi) is 8.64. The van der Waals surface area contributed by atoms with E-state index in [1.165, 1.54) is 18.3 Å². The average molecular weight is 544 g/mol. The molecule has 0 unspecified atom stereocenters. The van der Waals surface area contributed by atoms with Gasteiger partial charge in [0.25, 0.3) is 5.91 Å². The summed E-state index contributed by atoms with van der Waals surface area (Å²) >= 11 is 3.30. The number of nitrogens with zero attached hydrogens (tertiary/aromatic N) is 3. The number of carbonyl (C=O) groups excluding carboxylic acids is 1. The summed E-state index contributed by atoms with van der Waals surface area (Å²) in [6, 6.07) is 8.20. The first-order valence-electron chi connectivity index (χ1n) is 10.6. The van der Waals surface area contributed by atoms with Crippen molar-refractivity contribution in [3.63, 3.8) is 0 Å². The van der Waals surface area contributed by atoms with Crippen LogP contribution in [0.25, 0.3) is 0 Å². The summed E-state index contributed by atoms with van der Waals surface area (Å²) in [5.41, 5.74) is 1.54. The number of ether oxygens (including phenoxy) is 1. The highest BCUT2D eigenvalue weighted by atomic mass is 79.9. The van der Waals surface area contributed by atoms with E-state index in [1.54, 1.807) is 23.1 Å². The minimum atomic E-state index is -4.17. The van der Waals surface area contributed by atoms with Gasteiger partial charge in [0.05, 0.1) is 6.16 Å². The Bertz CT molecular complexity index is 1020. The van der Waals surface area contributed by atoms with Crippen molar-refractivity contribution in [1.29, 1.82) is 0 Å². The molecule has 1 saturated heterocycles. The largest absolute Gasteiger partial charge is 0.467 e. The zero-order chi connectivity index (χ0) is 24.2. The van der Waals surface area contributed by atoms with Gasteiger partial charge in [0.2, 0.25) is 5.88 Å². The van der Waals surface area contributed by atoms with Gasteiger partial charge in [0.15, 0.2) is 6.61 Å². The highest BCUT2D eigenvalue weighted by molar-refractivity contribution is 9.10. The Morgan fingerprint density at radius 3 is 2.61 bits per heavy atom. The number of amides is 1. The molecule has 0 bridgehead atoms. The Balaban J connectivity index is 1.59. The lowest BCUT2D eigenvalue weighted by Crippen LogP contribution is -2.58. The van der Waals surface area contributed by atoms with E-state index in [-0.39, 0.29) is 48.9 Å². The molecule has 1 fully saturated rings. The number of piperazine rings is 1. The normalized spacial score (nSPS) is 19.5. The molecule has 1 aromatic carbocycles. The summed E-state index contributed by atoms with van der Waals surface area (Å²) in [5.74, 6) is -0.252. The van der Waals surface area contributed by atoms with E-state index in [2.05, 4.69) is 25.8 Å². The number of hydrogen-bond acceptors (Lipinski definition) is 5. The van der Waals surface area contributed by atoms with Crippen molar-refractivity contribution in [2.75, 3.05) is 25.9 Å². The van der Waals surface area contributed by atoms with Gasteiger partial charge in [-0.1, -0.05) is 12.1 Å². The molecule has 11 heteroatoms. The smallest absolute Gasteiger partial charge is 0.325 e. The zero-order valence-electron chi connectivity index (χ0n) is 18.5. The van der Waals surface area contributed by atoms with Crippen LogP contribution in [0, 0.1) is 5.82 Å². The average Bonchev–Trinajstić information content (AvgIpc) is 2.74. The number of aromatic nitrogens is 1. The molecule has 3 rings (SSSR count). The Morgan fingerprint density at radius 1 is 1.24 bits per heavy atom. The zero-order valence-corrected chi connectivity index (χ0v) is 21.0. The van der Waals surface area contributed by atoms with E-state index in [1.807, 2.05) is 13.8 Å². The number of halogens is 2. The van der Waals surface area contributed by atoms with Gasteiger partial charge in [-0.05, 0) is 60.0 Å². The van der Waals surface area contributed by atoms with E-state index in [4.69, 9.17) is 14.5 Å². The Hall–Kier alpha value is -1.84. The van der Waals surface area contributed by atoms with Crippen molar-refractivity contribution in [3.8, 4) is 5.88 Å². The predicted molar refractivity (Wildman–Crippen MR) is 125 cm³/mol. The molecule has 2 aromatic rings. The number of benzene rings is 1. The van der Waals surface area contributed by atoms with Crippen LogP contribution < -0.4 is 4.74 Å². The van der Waals surface area contributed by atoms with Gasteiger partial charge in [0, 0.05) is 48.0 Å². The van der Waals surface area contributed by atoms with E-state index < -0.39 is 7.60 Å². The summed E-state index contributed by atoms with van der Waals surface area (Å²) in [6.45, 7) is 5.69. The van der Waals surface area contributed by atoms with Crippen LogP contribution in [0.15, 0.2) is 41.0 Å². The Labute approximate surface area is 201 Å². The van der Waals surface area contributed by atoms with Crippen LogP contribution in [0.4, 0.5) is 4.39 Å². The molecule has 2 atom stereocenters. The highest BCUT2D eigenvalue weighted by Crippen LogP contribution is 2.36. The minimum Gasteiger partial charge on any atom is -0.467 e. The third kappa shape index (κ3) is 7.58. The molecule has 1 aliphatic heterocycles. The van der Waals surface area contributed by atoms with E-state index in [0.717, 1.165) is 5.56 Å². The van der Waals surface area contributed by atoms with Gasteiger partial charge < -0.3 is 19.4 Å². The number of hydrogen-bond donors (Lipinski definition) is 2. The van der Waals surface area contributed by atoms with Crippen molar-refractivity contribution >= 4 is 29.4 Å². The third-order valence-corrected chi connectivity index (χ3v) is 6.87. The SMILES string of the molecule is C[C@@H]1CN(Cc2ccc(F)cc2)[C@@H](C)CN1C(=O)COc1ncc(Br)cc1CCP(=O)(O)O. The maximum atomic E-state index is 13.2. The van der Waals surface area contributed by atoms with Crippen molar-refractivity contribution in [1.82, 2.24) is 14.8 Å². The number of carbonyl (C=O) groups is 1. The van der Waals surface area contributed by atoms with Crippen LogP contribution in [0.3, 0.4) is 0 Å². The molecule has 1 aromatic heterocycles. The van der Waals surface area contributed by atoms with Gasteiger partial charge in [0.1, 0.15) is 5.82 Å². The monoisotopic (exact) mass is 543 g/mol. The summed E-state index contributed by atoms with van der Waals surface area (Å²) in [6.07, 6.45) is 1.26. The standard InChI is InChI=1S/C22H28BrFN3O5P/c1-15-12-27(16(2)11-26(15)13-17-3-5-20(24)6-4-17)21(28)14-32-22-18(7-8-33(29,30)31)9-19(23)10-25-22/h3-6,9-10,15-16H,7-8,11-14H2,1-2H3,(H2,29,30,31)/t15-,16+/m0/s1. The molecule has 0 spiro atoms. The van der Waals surface area contributed by atoms with Crippen molar-refractivity contribution in [2.24, 2.45) is 0 Å². The molecule has 0 aliphatic carbocycles. The summed E-state index contributed by atoms with van der Waals surface area (Å²) in [7, 11) is -4.17. The molecule has 1 amide bonds. The van der Waals surface area contributed by atoms with Gasteiger partial charge in [-0.15, -0.1) is 0 Å².